The van der Waals surface area contributed by atoms with E-state index in [2.05, 4.69) is 0 Å². The Labute approximate surface area is 56.6 Å². The Morgan fingerprint density at radius 1 is 1.78 bits per heavy atom. The SMILES string of the molecule is [B]C1=CC[C@H](CF)CC1. The molecule has 0 aromatic heterocycles. The van der Waals surface area contributed by atoms with Crippen LogP contribution in [0.3, 0.4) is 0 Å². The minimum Gasteiger partial charge on any atom is -0.251 e. The molecule has 0 unspecified atom stereocenters. The molecule has 2 radical (unpaired) electrons. The first-order valence-electron chi connectivity index (χ1n) is 3.33. The summed E-state index contributed by atoms with van der Waals surface area (Å²) < 4.78 is 11.9. The van der Waals surface area contributed by atoms with Crippen LogP contribution in [0.2, 0.25) is 0 Å². The van der Waals surface area contributed by atoms with E-state index in [0.717, 1.165) is 24.7 Å². The van der Waals surface area contributed by atoms with E-state index in [4.69, 9.17) is 7.85 Å². The predicted molar refractivity (Wildman–Crippen MR) is 37.2 cm³/mol. The van der Waals surface area contributed by atoms with Crippen LogP contribution in [-0.4, -0.2) is 14.5 Å². The third-order valence-electron chi connectivity index (χ3n) is 1.77. The van der Waals surface area contributed by atoms with Crippen LogP contribution in [0.5, 0.6) is 0 Å². The van der Waals surface area contributed by atoms with E-state index in [1.54, 1.807) is 0 Å². The lowest BCUT2D eigenvalue weighted by atomic mass is 9.81. The lowest BCUT2D eigenvalue weighted by Crippen LogP contribution is -2.07. The zero-order chi connectivity index (χ0) is 6.69. The maximum atomic E-state index is 11.9. The van der Waals surface area contributed by atoms with Crippen molar-refractivity contribution in [3.05, 3.63) is 11.5 Å². The van der Waals surface area contributed by atoms with Crippen LogP contribution < -0.4 is 0 Å². The van der Waals surface area contributed by atoms with Crippen molar-refractivity contribution in [2.24, 2.45) is 5.92 Å². The number of alkyl halides is 1. The van der Waals surface area contributed by atoms with Crippen molar-refractivity contribution in [3.63, 3.8) is 0 Å². The van der Waals surface area contributed by atoms with Crippen molar-refractivity contribution >= 4 is 7.85 Å². The predicted octanol–water partition coefficient (Wildman–Crippen LogP) is 1.81. The standard InChI is InChI=1S/C7H10BF/c8-7-3-1-6(5-9)2-4-7/h3,6H,1-2,4-5H2/t6-/m0/s1. The van der Waals surface area contributed by atoms with Gasteiger partial charge in [-0.2, -0.15) is 0 Å². The molecule has 0 amide bonds. The first-order valence-corrected chi connectivity index (χ1v) is 3.33. The van der Waals surface area contributed by atoms with Gasteiger partial charge in [0, 0.05) is 0 Å². The molecule has 0 heterocycles. The topological polar surface area (TPSA) is 0 Å². The summed E-state index contributed by atoms with van der Waals surface area (Å²) in [6.45, 7) is -0.191. The highest BCUT2D eigenvalue weighted by Crippen LogP contribution is 2.21. The molecule has 0 aliphatic heterocycles. The molecular weight excluding hydrogens is 114 g/mol. The Hall–Kier alpha value is -0.265. The van der Waals surface area contributed by atoms with E-state index in [-0.39, 0.29) is 12.6 Å². The fourth-order valence-electron chi connectivity index (χ4n) is 1.05. The molecule has 1 aliphatic rings. The first kappa shape index (κ1) is 6.85. The number of hydrogen-bond acceptors (Lipinski definition) is 0. The monoisotopic (exact) mass is 124 g/mol. The van der Waals surface area contributed by atoms with Crippen LogP contribution in [0.15, 0.2) is 11.5 Å². The minimum absolute atomic E-state index is 0.191. The molecule has 0 aromatic carbocycles. The fraction of sp³-hybridized carbons (Fsp3) is 0.714. The van der Waals surface area contributed by atoms with Gasteiger partial charge in [0.05, 0.1) is 6.67 Å². The Kier molecular flexibility index (Phi) is 2.32. The highest BCUT2D eigenvalue weighted by Gasteiger charge is 2.10. The van der Waals surface area contributed by atoms with Crippen molar-refractivity contribution < 1.29 is 4.39 Å². The first-order chi connectivity index (χ1) is 4.33. The molecule has 0 fully saturated rings. The quantitative estimate of drug-likeness (QED) is 0.467. The van der Waals surface area contributed by atoms with E-state index in [9.17, 15) is 4.39 Å². The second-order valence-corrected chi connectivity index (χ2v) is 2.57. The molecule has 1 atom stereocenters. The van der Waals surface area contributed by atoms with Crippen LogP contribution in [0.25, 0.3) is 0 Å². The van der Waals surface area contributed by atoms with E-state index < -0.39 is 0 Å². The lowest BCUT2D eigenvalue weighted by molar-refractivity contribution is 0.339. The third-order valence-corrected chi connectivity index (χ3v) is 1.77. The zero-order valence-electron chi connectivity index (χ0n) is 5.44. The van der Waals surface area contributed by atoms with Crippen LogP contribution in [-0.2, 0) is 0 Å². The minimum atomic E-state index is -0.191. The van der Waals surface area contributed by atoms with Crippen molar-refractivity contribution in [1.29, 1.82) is 0 Å². The maximum absolute atomic E-state index is 11.9. The van der Waals surface area contributed by atoms with Crippen LogP contribution in [0.1, 0.15) is 19.3 Å². The highest BCUT2D eigenvalue weighted by atomic mass is 19.1. The van der Waals surface area contributed by atoms with E-state index in [0.29, 0.717) is 0 Å². The summed E-state index contributed by atoms with van der Waals surface area (Å²) in [4.78, 5) is 0. The second kappa shape index (κ2) is 3.04. The largest absolute Gasteiger partial charge is 0.251 e. The molecule has 0 spiro atoms. The smallest absolute Gasteiger partial charge is 0.107 e. The molecule has 48 valence electrons. The van der Waals surface area contributed by atoms with Gasteiger partial charge < -0.3 is 0 Å². The van der Waals surface area contributed by atoms with Gasteiger partial charge in [0.2, 0.25) is 0 Å². The number of allylic oxidation sites excluding steroid dienone is 2. The normalized spacial score (nSPS) is 27.7. The van der Waals surface area contributed by atoms with E-state index in [1.165, 1.54) is 0 Å². The molecule has 1 rings (SSSR count). The average molecular weight is 124 g/mol. The Morgan fingerprint density at radius 2 is 2.56 bits per heavy atom. The van der Waals surface area contributed by atoms with Crippen molar-refractivity contribution in [3.8, 4) is 0 Å². The molecule has 0 aromatic rings. The molecule has 1 aliphatic carbocycles. The summed E-state index contributed by atoms with van der Waals surface area (Å²) in [5.41, 5.74) is 0.930. The lowest BCUT2D eigenvalue weighted by Gasteiger charge is -2.16. The molecular formula is C7H10BF. The van der Waals surface area contributed by atoms with Gasteiger partial charge in [-0.1, -0.05) is 6.08 Å². The van der Waals surface area contributed by atoms with Crippen LogP contribution in [0, 0.1) is 5.92 Å². The molecule has 0 bridgehead atoms. The number of rotatable bonds is 1. The highest BCUT2D eigenvalue weighted by molar-refractivity contribution is 6.21. The van der Waals surface area contributed by atoms with Crippen molar-refractivity contribution in [1.82, 2.24) is 0 Å². The zero-order valence-corrected chi connectivity index (χ0v) is 5.44. The number of hydrogen-bond donors (Lipinski definition) is 0. The average Bonchev–Trinajstić information content (AvgIpc) is 1.90. The second-order valence-electron chi connectivity index (χ2n) is 2.57. The molecule has 0 saturated heterocycles. The van der Waals surface area contributed by atoms with Gasteiger partial charge >= 0.3 is 0 Å². The summed E-state index contributed by atoms with van der Waals surface area (Å²) in [7, 11) is 5.49. The molecule has 0 nitrogen and oxygen atoms in total. The van der Waals surface area contributed by atoms with Crippen LogP contribution in [0.4, 0.5) is 4.39 Å². The Balaban J connectivity index is 2.36. The summed E-state index contributed by atoms with van der Waals surface area (Å²) in [5, 5.41) is 0. The summed E-state index contributed by atoms with van der Waals surface area (Å²) >= 11 is 0. The summed E-state index contributed by atoms with van der Waals surface area (Å²) in [6, 6.07) is 0. The van der Waals surface area contributed by atoms with Gasteiger partial charge in [-0.05, 0) is 25.2 Å². The van der Waals surface area contributed by atoms with Gasteiger partial charge in [-0.15, -0.1) is 5.47 Å². The Bertz CT molecular complexity index is 120. The number of halogens is 1. The molecule has 0 saturated carbocycles. The van der Waals surface area contributed by atoms with Crippen molar-refractivity contribution in [2.75, 3.05) is 6.67 Å². The van der Waals surface area contributed by atoms with E-state index >= 15 is 0 Å². The molecule has 9 heavy (non-hydrogen) atoms. The maximum Gasteiger partial charge on any atom is 0.107 e. The summed E-state index contributed by atoms with van der Waals surface area (Å²) in [6.07, 6.45) is 4.59. The van der Waals surface area contributed by atoms with E-state index in [1.807, 2.05) is 6.08 Å². The third kappa shape index (κ3) is 1.85. The van der Waals surface area contributed by atoms with Gasteiger partial charge in [0.1, 0.15) is 7.85 Å². The molecule has 2 heteroatoms. The van der Waals surface area contributed by atoms with Gasteiger partial charge in [0.25, 0.3) is 0 Å². The van der Waals surface area contributed by atoms with Crippen LogP contribution >= 0.6 is 0 Å². The van der Waals surface area contributed by atoms with Gasteiger partial charge in [-0.3, -0.25) is 4.39 Å². The summed E-state index contributed by atoms with van der Waals surface area (Å²) in [5.74, 6) is 0.247. The Morgan fingerprint density at radius 3 is 3.00 bits per heavy atom. The fourth-order valence-corrected chi connectivity index (χ4v) is 1.05. The molecule has 0 N–H and O–H groups in total. The van der Waals surface area contributed by atoms with Crippen molar-refractivity contribution in [2.45, 2.75) is 19.3 Å². The van der Waals surface area contributed by atoms with Gasteiger partial charge in [-0.25, -0.2) is 0 Å². The van der Waals surface area contributed by atoms with Gasteiger partial charge in [0.15, 0.2) is 0 Å².